The molecule has 2 aromatic rings. The fourth-order valence-electron chi connectivity index (χ4n) is 2.01. The van der Waals surface area contributed by atoms with E-state index >= 15 is 0 Å². The number of nitro groups is 1. The summed E-state index contributed by atoms with van der Waals surface area (Å²) in [5.41, 5.74) is 0.873. The largest absolute Gasteiger partial charge is 0.450 e. The molecule has 0 fully saturated rings. The van der Waals surface area contributed by atoms with Crippen LogP contribution in [0.1, 0.15) is 16.9 Å². The van der Waals surface area contributed by atoms with Crippen LogP contribution in [0.25, 0.3) is 6.08 Å². The van der Waals surface area contributed by atoms with Gasteiger partial charge in [-0.1, -0.05) is 6.07 Å². The molecule has 0 radical (unpaired) electrons. The molecular formula is C15H9BrN2O5. The summed E-state index contributed by atoms with van der Waals surface area (Å²) in [6.07, 6.45) is 1.43. The molecule has 8 heteroatoms. The molecule has 1 aliphatic rings. The van der Waals surface area contributed by atoms with Crippen LogP contribution < -0.4 is 0 Å². The Bertz CT molecular complexity index is 882. The van der Waals surface area contributed by atoms with Crippen LogP contribution in [-0.4, -0.2) is 16.8 Å². The number of rotatable bonds is 3. The van der Waals surface area contributed by atoms with Crippen molar-refractivity contribution in [1.29, 1.82) is 0 Å². The van der Waals surface area contributed by atoms with E-state index in [1.165, 1.54) is 12.1 Å². The Balaban J connectivity index is 1.97. The first-order chi connectivity index (χ1) is 10.9. The van der Waals surface area contributed by atoms with E-state index in [0.29, 0.717) is 21.6 Å². The lowest BCUT2D eigenvalue weighted by molar-refractivity contribution is -0.385. The van der Waals surface area contributed by atoms with Gasteiger partial charge in [-0.25, -0.2) is 9.79 Å². The van der Waals surface area contributed by atoms with Crippen LogP contribution in [0.5, 0.6) is 0 Å². The van der Waals surface area contributed by atoms with Crippen LogP contribution in [0.2, 0.25) is 0 Å². The summed E-state index contributed by atoms with van der Waals surface area (Å²) in [6, 6.07) is 7.86. The number of carbonyl (C=O) groups is 1. The number of aryl methyl sites for hydroxylation is 1. The van der Waals surface area contributed by atoms with Crippen molar-refractivity contribution in [1.82, 2.24) is 0 Å². The van der Waals surface area contributed by atoms with Crippen LogP contribution in [-0.2, 0) is 9.53 Å². The Morgan fingerprint density at radius 1 is 1.30 bits per heavy atom. The minimum atomic E-state index is -0.643. The number of hydrogen-bond donors (Lipinski definition) is 0. The molecule has 0 atom stereocenters. The van der Waals surface area contributed by atoms with Crippen LogP contribution in [0.4, 0.5) is 5.69 Å². The molecule has 0 bridgehead atoms. The average molecular weight is 377 g/mol. The van der Waals surface area contributed by atoms with E-state index in [1.807, 2.05) is 0 Å². The van der Waals surface area contributed by atoms with Crippen LogP contribution in [0, 0.1) is 17.0 Å². The predicted octanol–water partition coefficient (Wildman–Crippen LogP) is 3.60. The quantitative estimate of drug-likeness (QED) is 0.353. The number of nitrogens with zero attached hydrogens (tertiary/aromatic N) is 2. The van der Waals surface area contributed by atoms with Gasteiger partial charge in [0.1, 0.15) is 5.76 Å². The highest BCUT2D eigenvalue weighted by molar-refractivity contribution is 9.10. The van der Waals surface area contributed by atoms with Crippen LogP contribution in [0.15, 0.2) is 50.1 Å². The summed E-state index contributed by atoms with van der Waals surface area (Å²) in [5, 5.41) is 11.0. The Hall–Kier alpha value is -2.74. The third kappa shape index (κ3) is 3.07. The maximum atomic E-state index is 11.9. The molecule has 1 aromatic heterocycles. The second-order valence-corrected chi connectivity index (χ2v) is 5.52. The molecule has 1 aromatic carbocycles. The smallest absolute Gasteiger partial charge is 0.363 e. The summed E-state index contributed by atoms with van der Waals surface area (Å²) in [6.45, 7) is 1.63. The van der Waals surface area contributed by atoms with E-state index in [2.05, 4.69) is 20.9 Å². The third-order valence-corrected chi connectivity index (χ3v) is 3.57. The summed E-state index contributed by atoms with van der Waals surface area (Å²) >= 11 is 3.16. The fraction of sp³-hybridized carbons (Fsp3) is 0.0667. The van der Waals surface area contributed by atoms with Gasteiger partial charge in [-0.05, 0) is 41.1 Å². The van der Waals surface area contributed by atoms with Gasteiger partial charge >= 0.3 is 5.97 Å². The molecular weight excluding hydrogens is 368 g/mol. The molecule has 0 saturated carbocycles. The standard InChI is InChI=1S/C15H9BrN2O5/c1-8-2-3-9(6-12(8)18(20)21)14-17-11(15(19)23-14)7-10-4-5-13(16)22-10/h2-7H,1H3/b11-7-. The normalized spacial score (nSPS) is 15.7. The van der Waals surface area contributed by atoms with Crippen molar-refractivity contribution in [3.05, 3.63) is 67.7 Å². The summed E-state index contributed by atoms with van der Waals surface area (Å²) in [5.74, 6) is -0.186. The Morgan fingerprint density at radius 2 is 2.09 bits per heavy atom. The zero-order valence-electron chi connectivity index (χ0n) is 11.8. The third-order valence-electron chi connectivity index (χ3n) is 3.15. The van der Waals surface area contributed by atoms with Crippen molar-refractivity contribution in [2.45, 2.75) is 6.92 Å². The van der Waals surface area contributed by atoms with Crippen molar-refractivity contribution in [3.63, 3.8) is 0 Å². The molecule has 2 heterocycles. The average Bonchev–Trinajstić information content (AvgIpc) is 3.06. The fourth-order valence-corrected chi connectivity index (χ4v) is 2.33. The molecule has 23 heavy (non-hydrogen) atoms. The van der Waals surface area contributed by atoms with Gasteiger partial charge in [-0.3, -0.25) is 10.1 Å². The molecule has 0 spiro atoms. The number of benzene rings is 1. The van der Waals surface area contributed by atoms with Gasteiger partial charge in [-0.2, -0.15) is 0 Å². The van der Waals surface area contributed by atoms with E-state index < -0.39 is 10.9 Å². The van der Waals surface area contributed by atoms with Crippen molar-refractivity contribution in [2.75, 3.05) is 0 Å². The Labute approximate surface area is 138 Å². The summed E-state index contributed by atoms with van der Waals surface area (Å²) in [7, 11) is 0. The van der Waals surface area contributed by atoms with E-state index in [0.717, 1.165) is 0 Å². The molecule has 1 aliphatic heterocycles. The second kappa shape index (κ2) is 5.81. The SMILES string of the molecule is Cc1ccc(C2=N/C(=C\c3ccc(Br)o3)C(=O)O2)cc1[N+](=O)[O-]. The molecule has 0 N–H and O–H groups in total. The number of ether oxygens (including phenoxy) is 1. The Morgan fingerprint density at radius 3 is 2.74 bits per heavy atom. The highest BCUT2D eigenvalue weighted by Crippen LogP contribution is 2.25. The zero-order valence-corrected chi connectivity index (χ0v) is 13.4. The molecule has 0 aliphatic carbocycles. The summed E-state index contributed by atoms with van der Waals surface area (Å²) < 4.78 is 10.9. The van der Waals surface area contributed by atoms with Gasteiger partial charge in [0, 0.05) is 23.3 Å². The van der Waals surface area contributed by atoms with Gasteiger partial charge in [0.05, 0.1) is 4.92 Å². The van der Waals surface area contributed by atoms with E-state index in [-0.39, 0.29) is 17.3 Å². The van der Waals surface area contributed by atoms with E-state index in [4.69, 9.17) is 9.15 Å². The number of hydrogen-bond acceptors (Lipinski definition) is 6. The lowest BCUT2D eigenvalue weighted by Gasteiger charge is -2.01. The first-order valence-electron chi connectivity index (χ1n) is 6.47. The Kier molecular flexibility index (Phi) is 3.83. The van der Waals surface area contributed by atoms with Crippen LogP contribution in [0.3, 0.4) is 0 Å². The minimum Gasteiger partial charge on any atom is -0.450 e. The van der Waals surface area contributed by atoms with Gasteiger partial charge in [0.25, 0.3) is 5.69 Å². The highest BCUT2D eigenvalue weighted by atomic mass is 79.9. The molecule has 0 unspecified atom stereocenters. The predicted molar refractivity (Wildman–Crippen MR) is 84.8 cm³/mol. The number of furan rings is 1. The lowest BCUT2D eigenvalue weighted by atomic mass is 10.1. The number of carbonyl (C=O) groups excluding carboxylic acids is 1. The summed E-state index contributed by atoms with van der Waals surface area (Å²) in [4.78, 5) is 26.4. The molecule has 3 rings (SSSR count). The lowest BCUT2D eigenvalue weighted by Crippen LogP contribution is -2.06. The number of esters is 1. The monoisotopic (exact) mass is 376 g/mol. The molecule has 0 saturated heterocycles. The van der Waals surface area contributed by atoms with Gasteiger partial charge < -0.3 is 9.15 Å². The molecule has 7 nitrogen and oxygen atoms in total. The van der Waals surface area contributed by atoms with Gasteiger partial charge in [0.15, 0.2) is 10.4 Å². The van der Waals surface area contributed by atoms with Crippen LogP contribution >= 0.6 is 15.9 Å². The minimum absolute atomic E-state index is 0.0231. The van der Waals surface area contributed by atoms with Crippen molar-refractivity contribution >= 4 is 39.6 Å². The van der Waals surface area contributed by atoms with Crippen molar-refractivity contribution in [3.8, 4) is 0 Å². The number of aliphatic imine (C=N–C) groups is 1. The van der Waals surface area contributed by atoms with Crippen molar-refractivity contribution < 1.29 is 18.9 Å². The molecule has 116 valence electrons. The zero-order chi connectivity index (χ0) is 16.6. The number of cyclic esters (lactones) is 1. The van der Waals surface area contributed by atoms with E-state index in [9.17, 15) is 14.9 Å². The second-order valence-electron chi connectivity index (χ2n) is 4.74. The maximum Gasteiger partial charge on any atom is 0.363 e. The molecule has 0 amide bonds. The highest BCUT2D eigenvalue weighted by Gasteiger charge is 2.26. The van der Waals surface area contributed by atoms with Gasteiger partial charge in [-0.15, -0.1) is 0 Å². The van der Waals surface area contributed by atoms with Gasteiger partial charge in [0.2, 0.25) is 5.90 Å². The van der Waals surface area contributed by atoms with E-state index in [1.54, 1.807) is 31.2 Å². The number of nitro benzene ring substituents is 1. The van der Waals surface area contributed by atoms with Crippen molar-refractivity contribution in [2.24, 2.45) is 4.99 Å². The number of halogens is 1. The first-order valence-corrected chi connectivity index (χ1v) is 7.26. The maximum absolute atomic E-state index is 11.9. The topological polar surface area (TPSA) is 94.9 Å². The first kappa shape index (κ1) is 15.2.